The van der Waals surface area contributed by atoms with E-state index in [2.05, 4.69) is 98.3 Å². The number of aryl methyl sites for hydroxylation is 2. The molecule has 2 unspecified atom stereocenters. The van der Waals surface area contributed by atoms with Crippen LogP contribution >= 0.6 is 0 Å². The number of hydrogen-bond acceptors (Lipinski definition) is 0. The second kappa shape index (κ2) is 19.7. The zero-order chi connectivity index (χ0) is 36.1. The molecule has 0 aliphatic rings. The summed E-state index contributed by atoms with van der Waals surface area (Å²) in [5.41, 5.74) is 5.36. The van der Waals surface area contributed by atoms with Crippen LogP contribution < -0.4 is 0 Å². The lowest BCUT2D eigenvalue weighted by Crippen LogP contribution is -2.03. The summed E-state index contributed by atoms with van der Waals surface area (Å²) in [6.45, 7) is 9.33. The summed E-state index contributed by atoms with van der Waals surface area (Å²) in [5.74, 6) is 1.71. The Hall–Kier alpha value is -3.26. The van der Waals surface area contributed by atoms with E-state index < -0.39 is 0 Å². The van der Waals surface area contributed by atoms with Gasteiger partial charge in [0, 0.05) is 33.2 Å². The van der Waals surface area contributed by atoms with E-state index in [4.69, 9.17) is 0 Å². The maximum Gasteiger partial charge on any atom is 0.0462 e. The molecule has 52 heavy (non-hydrogen) atoms. The van der Waals surface area contributed by atoms with Crippen LogP contribution in [0.15, 0.2) is 60.7 Å². The van der Waals surface area contributed by atoms with Crippen molar-refractivity contribution in [3.8, 4) is 0 Å². The predicted octanol–water partition coefficient (Wildman–Crippen LogP) is 16.3. The molecule has 6 rings (SSSR count). The molecule has 2 heterocycles. The van der Waals surface area contributed by atoms with Crippen LogP contribution in [0, 0.1) is 11.8 Å². The lowest BCUT2D eigenvalue weighted by atomic mass is 9.91. The van der Waals surface area contributed by atoms with Gasteiger partial charge in [-0.05, 0) is 94.1 Å². The van der Waals surface area contributed by atoms with Crippen molar-refractivity contribution < 1.29 is 0 Å². The Balaban J connectivity index is 1.16. The zero-order valence-electron chi connectivity index (χ0n) is 33.5. The molecule has 0 bridgehead atoms. The van der Waals surface area contributed by atoms with E-state index in [-0.39, 0.29) is 0 Å². The van der Waals surface area contributed by atoms with E-state index in [1.807, 2.05) is 0 Å². The number of unbranched alkanes of at least 4 members (excludes halogenated alkanes) is 10. The third kappa shape index (κ3) is 9.64. The third-order valence-corrected chi connectivity index (χ3v) is 12.5. The molecule has 4 aromatic carbocycles. The van der Waals surface area contributed by atoms with E-state index in [9.17, 15) is 0 Å². The van der Waals surface area contributed by atoms with Gasteiger partial charge >= 0.3 is 0 Å². The number of H-pyrrole nitrogens is 2. The largest absolute Gasteiger partial charge is 0.358 e. The minimum Gasteiger partial charge on any atom is -0.358 e. The Bertz CT molecular complexity index is 1830. The summed E-state index contributed by atoms with van der Waals surface area (Å²) >= 11 is 0. The summed E-state index contributed by atoms with van der Waals surface area (Å²) in [6, 6.07) is 23.8. The summed E-state index contributed by atoms with van der Waals surface area (Å²) in [7, 11) is 0. The number of aromatic nitrogens is 2. The first kappa shape index (κ1) is 38.5. The quantitative estimate of drug-likeness (QED) is 0.0466. The molecule has 280 valence electrons. The normalized spacial score (nSPS) is 13.4. The van der Waals surface area contributed by atoms with Gasteiger partial charge in [0.2, 0.25) is 0 Å². The highest BCUT2D eigenvalue weighted by molar-refractivity contribution is 6.24. The number of nitrogens with one attached hydrogen (secondary N) is 2. The fraction of sp³-hybridized carbons (Fsp3) is 0.560. The van der Waals surface area contributed by atoms with Crippen molar-refractivity contribution in [3.63, 3.8) is 0 Å². The monoisotopic (exact) mass is 699 g/mol. The summed E-state index contributed by atoms with van der Waals surface area (Å²) in [5, 5.41) is 11.0. The topological polar surface area (TPSA) is 31.6 Å². The maximum absolute atomic E-state index is 3.82. The fourth-order valence-corrected chi connectivity index (χ4v) is 9.48. The molecule has 2 N–H and O–H groups in total. The van der Waals surface area contributed by atoms with Crippen molar-refractivity contribution in [3.05, 3.63) is 72.1 Å². The highest BCUT2D eigenvalue weighted by atomic mass is 14.7. The van der Waals surface area contributed by atoms with Gasteiger partial charge in [0.05, 0.1) is 0 Å². The van der Waals surface area contributed by atoms with Crippen molar-refractivity contribution >= 4 is 54.1 Å². The smallest absolute Gasteiger partial charge is 0.0462 e. The van der Waals surface area contributed by atoms with Gasteiger partial charge in [0.1, 0.15) is 0 Å². The number of hydrogen-bond donors (Lipinski definition) is 2. The Kier molecular flexibility index (Phi) is 14.6. The second-order valence-electron chi connectivity index (χ2n) is 16.6. The minimum atomic E-state index is 0.854. The van der Waals surface area contributed by atoms with Crippen molar-refractivity contribution in [2.75, 3.05) is 0 Å². The molecule has 0 amide bonds. The van der Waals surface area contributed by atoms with E-state index in [1.54, 1.807) is 0 Å². The summed E-state index contributed by atoms with van der Waals surface area (Å²) < 4.78 is 0. The van der Waals surface area contributed by atoms with E-state index in [0.29, 0.717) is 0 Å². The van der Waals surface area contributed by atoms with Crippen LogP contribution in [0.25, 0.3) is 54.1 Å². The van der Waals surface area contributed by atoms with Crippen LogP contribution in [-0.4, -0.2) is 9.97 Å². The molecule has 2 atom stereocenters. The standard InChI is InChI=1S/C50H70N2/c1-5-9-11-13-15-17-21-37(19-7-3)23-25-39-35-47-45-29-27-42-41(43(45)31-33-49(47)51-39)28-30-46-44(42)32-34-50-48(46)36-40(52-50)26-24-38(20-8-4)22-18-16-14-12-10-6-2/h27-38,51-52H,5-26H2,1-4H3. The van der Waals surface area contributed by atoms with Crippen molar-refractivity contribution in [1.29, 1.82) is 0 Å². The third-order valence-electron chi connectivity index (χ3n) is 12.5. The van der Waals surface area contributed by atoms with E-state index in [0.717, 1.165) is 24.7 Å². The van der Waals surface area contributed by atoms with Crippen LogP contribution in [0.4, 0.5) is 0 Å². The predicted molar refractivity (Wildman–Crippen MR) is 232 cm³/mol. The van der Waals surface area contributed by atoms with E-state index >= 15 is 0 Å². The minimum absolute atomic E-state index is 0.854. The van der Waals surface area contributed by atoms with Crippen molar-refractivity contribution in [2.45, 2.75) is 169 Å². The Morgan fingerprint density at radius 3 is 1.08 bits per heavy atom. The van der Waals surface area contributed by atoms with Crippen LogP contribution in [0.3, 0.4) is 0 Å². The average molecular weight is 699 g/mol. The van der Waals surface area contributed by atoms with Gasteiger partial charge in [0.25, 0.3) is 0 Å². The van der Waals surface area contributed by atoms with Gasteiger partial charge < -0.3 is 9.97 Å². The number of aromatic amines is 2. The SMILES string of the molecule is CCCCCCCCC(CCC)CCc1cc2c(ccc3c2ccc2c4ccc5[nH]c(CCC(CCC)CCCCCCCC)cc5c4ccc32)[nH]1. The molecule has 0 aliphatic carbocycles. The highest BCUT2D eigenvalue weighted by Gasteiger charge is 2.15. The van der Waals surface area contributed by atoms with Gasteiger partial charge in [-0.3, -0.25) is 0 Å². The molecule has 6 aromatic rings. The van der Waals surface area contributed by atoms with Gasteiger partial charge in [-0.25, -0.2) is 0 Å². The van der Waals surface area contributed by atoms with Gasteiger partial charge in [-0.2, -0.15) is 0 Å². The molecular weight excluding hydrogens is 629 g/mol. The van der Waals surface area contributed by atoms with Crippen molar-refractivity contribution in [1.82, 2.24) is 9.97 Å². The average Bonchev–Trinajstić information content (AvgIpc) is 3.79. The molecule has 0 saturated heterocycles. The molecule has 0 radical (unpaired) electrons. The molecule has 0 aliphatic heterocycles. The Morgan fingerprint density at radius 2 is 0.692 bits per heavy atom. The van der Waals surface area contributed by atoms with Gasteiger partial charge in [0.15, 0.2) is 0 Å². The molecule has 0 saturated carbocycles. The first-order chi connectivity index (χ1) is 25.6. The molecular formula is C50H70N2. The number of rotatable bonds is 24. The van der Waals surface area contributed by atoms with Gasteiger partial charge in [-0.15, -0.1) is 0 Å². The van der Waals surface area contributed by atoms with Crippen LogP contribution in [-0.2, 0) is 12.8 Å². The molecule has 2 heteroatoms. The first-order valence-corrected chi connectivity index (χ1v) is 22.0. The first-order valence-electron chi connectivity index (χ1n) is 22.0. The second-order valence-corrected chi connectivity index (χ2v) is 16.6. The summed E-state index contributed by atoms with van der Waals surface area (Å²) in [4.78, 5) is 7.63. The number of fused-ring (bicyclic) bond motifs is 9. The maximum atomic E-state index is 3.82. The lowest BCUT2D eigenvalue weighted by Gasteiger charge is -2.15. The Morgan fingerprint density at radius 1 is 0.346 bits per heavy atom. The van der Waals surface area contributed by atoms with Gasteiger partial charge in [-0.1, -0.05) is 180 Å². The summed E-state index contributed by atoms with van der Waals surface area (Å²) in [6.07, 6.45) is 29.8. The molecule has 0 spiro atoms. The zero-order valence-corrected chi connectivity index (χ0v) is 33.5. The van der Waals surface area contributed by atoms with Crippen molar-refractivity contribution in [2.24, 2.45) is 11.8 Å². The fourth-order valence-electron chi connectivity index (χ4n) is 9.48. The molecule has 0 fully saturated rings. The van der Waals surface area contributed by atoms with Crippen LogP contribution in [0.1, 0.15) is 167 Å². The lowest BCUT2D eigenvalue weighted by molar-refractivity contribution is 0.393. The Labute approximate surface area is 315 Å². The molecule has 2 aromatic heterocycles. The molecule has 2 nitrogen and oxygen atoms in total. The van der Waals surface area contributed by atoms with Crippen LogP contribution in [0.2, 0.25) is 0 Å². The van der Waals surface area contributed by atoms with Crippen LogP contribution in [0.5, 0.6) is 0 Å². The highest BCUT2D eigenvalue weighted by Crippen LogP contribution is 2.38. The number of benzene rings is 4. The van der Waals surface area contributed by atoms with E-state index in [1.165, 1.54) is 194 Å².